The molecule has 0 spiro atoms. The van der Waals surface area contributed by atoms with E-state index in [1.165, 1.54) is 6.92 Å². The van der Waals surface area contributed by atoms with Gasteiger partial charge in [0.25, 0.3) is 0 Å². The van der Waals surface area contributed by atoms with Gasteiger partial charge in [0.05, 0.1) is 0 Å². The van der Waals surface area contributed by atoms with Gasteiger partial charge in [-0.05, 0) is 29.5 Å². The Morgan fingerprint density at radius 1 is 1.70 bits per heavy atom. The summed E-state index contributed by atoms with van der Waals surface area (Å²) in [5.41, 5.74) is 0.272. The highest BCUT2D eigenvalue weighted by atomic mass is 127. The fourth-order valence-corrected chi connectivity index (χ4v) is 0.424. The Labute approximate surface area is 71.3 Å². The van der Waals surface area contributed by atoms with Gasteiger partial charge in [0.2, 0.25) is 0 Å². The number of alkyl halides is 2. The van der Waals surface area contributed by atoms with Gasteiger partial charge in [-0.25, -0.2) is 0 Å². The predicted octanol–water partition coefficient (Wildman–Crippen LogP) is 2.11. The van der Waals surface area contributed by atoms with E-state index in [1.807, 2.05) is 0 Å². The Balaban J connectivity index is 3.81. The van der Waals surface area contributed by atoms with Crippen molar-refractivity contribution in [2.75, 3.05) is 0 Å². The molecule has 0 atom stereocenters. The Morgan fingerprint density at radius 2 is 2.20 bits per heavy atom. The number of allylic oxidation sites excluding steroid dienone is 1. The summed E-state index contributed by atoms with van der Waals surface area (Å²) >= 11 is 1.81. The Morgan fingerprint density at radius 3 is 2.50 bits per heavy atom. The average molecular weight is 260 g/mol. The third-order valence-electron chi connectivity index (χ3n) is 0.694. The molecule has 0 amide bonds. The van der Waals surface area contributed by atoms with Crippen LogP contribution in [0.3, 0.4) is 0 Å². The maximum absolute atomic E-state index is 11.4. The monoisotopic (exact) mass is 260 g/mol. The maximum Gasteiger partial charge on any atom is 0.312 e. The molecule has 0 aromatic rings. The van der Waals surface area contributed by atoms with E-state index in [0.29, 0.717) is 3.58 Å². The number of rotatable bonds is 3. The molecule has 0 aromatic carbocycles. The van der Waals surface area contributed by atoms with E-state index in [1.54, 1.807) is 27.9 Å². The zero-order chi connectivity index (χ0) is 8.15. The topological polar surface area (TPSA) is 35.9 Å². The molecule has 0 saturated carbocycles. The summed E-state index contributed by atoms with van der Waals surface area (Å²) in [4.78, 5) is 0. The molecule has 0 bridgehead atoms. The third kappa shape index (κ3) is 4.66. The molecule has 2 N–H and O–H groups in total. The van der Waals surface area contributed by atoms with Gasteiger partial charge in [0.1, 0.15) is 0 Å². The van der Waals surface area contributed by atoms with Crippen LogP contribution in [0, 0.1) is 5.41 Å². The zero-order valence-corrected chi connectivity index (χ0v) is 7.45. The first-order valence-corrected chi connectivity index (χ1v) is 3.57. The summed E-state index contributed by atoms with van der Waals surface area (Å²) in [6, 6.07) is 0. The van der Waals surface area contributed by atoms with E-state index in [9.17, 15) is 8.78 Å². The first-order valence-electron chi connectivity index (χ1n) is 2.49. The van der Waals surface area contributed by atoms with Crippen LogP contribution in [-0.4, -0.2) is 12.3 Å². The van der Waals surface area contributed by atoms with Crippen LogP contribution >= 0.6 is 22.6 Å². The van der Waals surface area contributed by atoms with Crippen LogP contribution in [0.2, 0.25) is 0 Å². The fourth-order valence-electron chi connectivity index (χ4n) is 0.244. The van der Waals surface area contributed by atoms with Crippen molar-refractivity contribution in [3.05, 3.63) is 9.78 Å². The minimum Gasteiger partial charge on any atom is -0.335 e. The van der Waals surface area contributed by atoms with E-state index >= 15 is 0 Å². The van der Waals surface area contributed by atoms with Gasteiger partial charge < -0.3 is 10.7 Å². The molecule has 0 aromatic heterocycles. The van der Waals surface area contributed by atoms with E-state index in [2.05, 4.69) is 0 Å². The SMILES string of the molecule is CC(=N)/C(I)=C\NC(F)F. The molecule has 0 fully saturated rings. The lowest BCUT2D eigenvalue weighted by atomic mass is 10.4. The van der Waals surface area contributed by atoms with Crippen molar-refractivity contribution in [3.63, 3.8) is 0 Å². The second-order valence-electron chi connectivity index (χ2n) is 1.58. The smallest absolute Gasteiger partial charge is 0.312 e. The summed E-state index contributed by atoms with van der Waals surface area (Å²) in [6.07, 6.45) is 1.12. The van der Waals surface area contributed by atoms with Crippen LogP contribution in [-0.2, 0) is 0 Å². The van der Waals surface area contributed by atoms with Gasteiger partial charge in [-0.3, -0.25) is 0 Å². The Bertz CT molecular complexity index is 156. The Hall–Kier alpha value is -0.200. The molecule has 0 saturated heterocycles. The molecule has 0 radical (unpaired) electrons. The minimum absolute atomic E-state index is 0.272. The van der Waals surface area contributed by atoms with Gasteiger partial charge in [0, 0.05) is 15.5 Å². The quantitative estimate of drug-likeness (QED) is 0.455. The van der Waals surface area contributed by atoms with Crippen molar-refractivity contribution in [1.29, 1.82) is 5.41 Å². The molecule has 10 heavy (non-hydrogen) atoms. The van der Waals surface area contributed by atoms with Gasteiger partial charge in [-0.1, -0.05) is 0 Å². The standard InChI is InChI=1S/C5H7F2IN2/c1-3(9)4(8)2-10-5(6)7/h2,5,9-10H,1H3/b4-2+,9-3?. The first kappa shape index (κ1) is 9.80. The Kier molecular flexibility index (Phi) is 4.50. The summed E-state index contributed by atoms with van der Waals surface area (Å²) in [7, 11) is 0. The molecule has 0 aliphatic carbocycles. The van der Waals surface area contributed by atoms with Crippen LogP contribution in [0.15, 0.2) is 9.78 Å². The molecule has 2 nitrogen and oxygen atoms in total. The lowest BCUT2D eigenvalue weighted by Gasteiger charge is -1.98. The highest BCUT2D eigenvalue weighted by molar-refractivity contribution is 14.1. The van der Waals surface area contributed by atoms with Gasteiger partial charge >= 0.3 is 6.55 Å². The zero-order valence-electron chi connectivity index (χ0n) is 5.29. The number of hydrogen-bond acceptors (Lipinski definition) is 2. The van der Waals surface area contributed by atoms with Crippen LogP contribution < -0.4 is 5.32 Å². The minimum atomic E-state index is -2.55. The summed E-state index contributed by atoms with van der Waals surface area (Å²) in [5.74, 6) is 0. The molecular formula is C5H7F2IN2. The van der Waals surface area contributed by atoms with E-state index in [-0.39, 0.29) is 5.71 Å². The predicted molar refractivity (Wildman–Crippen MR) is 44.6 cm³/mol. The fraction of sp³-hybridized carbons (Fsp3) is 0.400. The van der Waals surface area contributed by atoms with Gasteiger partial charge in [-0.15, -0.1) is 0 Å². The maximum atomic E-state index is 11.4. The van der Waals surface area contributed by atoms with Crippen LogP contribution in [0.1, 0.15) is 6.92 Å². The molecular weight excluding hydrogens is 253 g/mol. The van der Waals surface area contributed by atoms with Crippen LogP contribution in [0.5, 0.6) is 0 Å². The van der Waals surface area contributed by atoms with Gasteiger partial charge in [-0.2, -0.15) is 8.78 Å². The number of hydrogen-bond donors (Lipinski definition) is 2. The number of nitrogens with one attached hydrogen (secondary N) is 2. The molecule has 0 unspecified atom stereocenters. The lowest BCUT2D eigenvalue weighted by molar-refractivity contribution is 0.125. The highest BCUT2D eigenvalue weighted by Gasteiger charge is 1.97. The average Bonchev–Trinajstić information content (AvgIpc) is 1.82. The largest absolute Gasteiger partial charge is 0.335 e. The van der Waals surface area contributed by atoms with Crippen LogP contribution in [0.4, 0.5) is 8.78 Å². The summed E-state index contributed by atoms with van der Waals surface area (Å²) < 4.78 is 23.3. The second-order valence-corrected chi connectivity index (χ2v) is 2.75. The van der Waals surface area contributed by atoms with Crippen molar-refractivity contribution >= 4 is 28.3 Å². The van der Waals surface area contributed by atoms with Crippen molar-refractivity contribution in [2.24, 2.45) is 0 Å². The van der Waals surface area contributed by atoms with E-state index in [0.717, 1.165) is 6.20 Å². The van der Waals surface area contributed by atoms with E-state index in [4.69, 9.17) is 5.41 Å². The first-order chi connectivity index (χ1) is 4.54. The normalized spacial score (nSPS) is 11.9. The molecule has 0 aliphatic rings. The highest BCUT2D eigenvalue weighted by Crippen LogP contribution is 2.05. The van der Waals surface area contributed by atoms with Gasteiger partial charge in [0.15, 0.2) is 0 Å². The molecule has 5 heteroatoms. The van der Waals surface area contributed by atoms with E-state index < -0.39 is 6.55 Å². The second kappa shape index (κ2) is 4.59. The van der Waals surface area contributed by atoms with Crippen molar-refractivity contribution in [3.8, 4) is 0 Å². The molecule has 58 valence electrons. The molecule has 0 rings (SSSR count). The van der Waals surface area contributed by atoms with Crippen molar-refractivity contribution < 1.29 is 8.78 Å². The molecule has 0 heterocycles. The lowest BCUT2D eigenvalue weighted by Crippen LogP contribution is -2.13. The third-order valence-corrected chi connectivity index (χ3v) is 1.81. The summed E-state index contributed by atoms with van der Waals surface area (Å²) in [5, 5.41) is 8.77. The van der Waals surface area contributed by atoms with Crippen LogP contribution in [0.25, 0.3) is 0 Å². The summed E-state index contributed by atoms with van der Waals surface area (Å²) in [6.45, 7) is -1.02. The van der Waals surface area contributed by atoms with Crippen molar-refractivity contribution in [2.45, 2.75) is 13.5 Å². The molecule has 0 aliphatic heterocycles. The van der Waals surface area contributed by atoms with Crippen molar-refractivity contribution in [1.82, 2.24) is 5.32 Å². The number of halogens is 3.